The van der Waals surface area contributed by atoms with E-state index in [4.69, 9.17) is 9.47 Å². The second-order valence-corrected chi connectivity index (χ2v) is 6.34. The maximum absolute atomic E-state index is 14.1. The lowest BCUT2D eigenvalue weighted by Crippen LogP contribution is -2.59. The first-order valence-corrected chi connectivity index (χ1v) is 7.81. The van der Waals surface area contributed by atoms with Crippen molar-refractivity contribution in [3.05, 3.63) is 29.6 Å². The second-order valence-electron chi connectivity index (χ2n) is 6.34. The first kappa shape index (κ1) is 15.4. The Hall–Kier alpha value is -1.46. The van der Waals surface area contributed by atoms with Gasteiger partial charge in [-0.1, -0.05) is 6.07 Å². The predicted octanol–water partition coefficient (Wildman–Crippen LogP) is 2.80. The molecule has 0 aliphatic carbocycles. The number of morpholine rings is 1. The second kappa shape index (κ2) is 5.97. The van der Waals surface area contributed by atoms with Gasteiger partial charge >= 0.3 is 0 Å². The molecule has 2 aliphatic heterocycles. The summed E-state index contributed by atoms with van der Waals surface area (Å²) in [5, 5.41) is 0. The number of nitrogens with zero attached hydrogens (tertiary/aromatic N) is 1. The molecule has 0 N–H and O–H groups in total. The van der Waals surface area contributed by atoms with Crippen LogP contribution in [0, 0.1) is 5.82 Å². The van der Waals surface area contributed by atoms with E-state index >= 15 is 0 Å². The fraction of sp³-hybridized carbons (Fsp3) is 0.588. The molecule has 22 heavy (non-hydrogen) atoms. The van der Waals surface area contributed by atoms with Crippen LogP contribution in [0.5, 0.6) is 0 Å². The highest BCUT2D eigenvalue weighted by atomic mass is 19.1. The molecule has 2 aliphatic rings. The molecule has 120 valence electrons. The maximum Gasteiger partial charge on any atom is 0.164 e. The molecule has 3 rings (SSSR count). The molecule has 2 heterocycles. The van der Waals surface area contributed by atoms with Crippen LogP contribution >= 0.6 is 0 Å². The van der Waals surface area contributed by atoms with Crippen molar-refractivity contribution in [3.63, 3.8) is 0 Å². The summed E-state index contributed by atoms with van der Waals surface area (Å²) in [4.78, 5) is 13.9. The zero-order valence-electron chi connectivity index (χ0n) is 13.1. The molecular formula is C17H22FNO3. The number of rotatable bonds is 2. The van der Waals surface area contributed by atoms with Gasteiger partial charge in [0.15, 0.2) is 5.78 Å². The molecule has 2 saturated heterocycles. The summed E-state index contributed by atoms with van der Waals surface area (Å²) in [6.45, 7) is 6.00. The highest BCUT2D eigenvalue weighted by Gasteiger charge is 2.42. The van der Waals surface area contributed by atoms with E-state index in [-0.39, 0.29) is 23.1 Å². The van der Waals surface area contributed by atoms with Gasteiger partial charge in [-0.15, -0.1) is 0 Å². The van der Waals surface area contributed by atoms with E-state index in [0.717, 1.165) is 19.4 Å². The number of ketones is 1. The van der Waals surface area contributed by atoms with Gasteiger partial charge in [0.05, 0.1) is 24.0 Å². The van der Waals surface area contributed by atoms with E-state index in [0.29, 0.717) is 25.4 Å². The number of benzene rings is 1. The van der Waals surface area contributed by atoms with Crippen LogP contribution in [0.3, 0.4) is 0 Å². The fourth-order valence-electron chi connectivity index (χ4n) is 3.58. The Morgan fingerprint density at radius 3 is 2.95 bits per heavy atom. The summed E-state index contributed by atoms with van der Waals surface area (Å²) in [6.07, 6.45) is 1.90. The minimum atomic E-state index is -0.460. The van der Waals surface area contributed by atoms with Gasteiger partial charge in [-0.2, -0.15) is 0 Å². The van der Waals surface area contributed by atoms with Gasteiger partial charge in [0, 0.05) is 19.7 Å². The lowest BCUT2D eigenvalue weighted by molar-refractivity contribution is -0.160. The van der Waals surface area contributed by atoms with Crippen LogP contribution in [-0.2, 0) is 9.47 Å². The third-order valence-electron chi connectivity index (χ3n) is 4.38. The molecule has 0 saturated carbocycles. The van der Waals surface area contributed by atoms with Crippen LogP contribution in [-0.4, -0.2) is 43.8 Å². The van der Waals surface area contributed by atoms with Crippen LogP contribution < -0.4 is 4.90 Å². The number of ether oxygens (including phenoxy) is 2. The molecule has 1 aromatic rings. The highest BCUT2D eigenvalue weighted by molar-refractivity contribution is 6.00. The van der Waals surface area contributed by atoms with Crippen molar-refractivity contribution in [1.82, 2.24) is 0 Å². The molecule has 0 aromatic heterocycles. The Morgan fingerprint density at radius 1 is 1.45 bits per heavy atom. The minimum Gasteiger partial charge on any atom is -0.378 e. The standard InChI is InChI=1S/C17H22FNO3/c1-12-9-19(10-17(22-12)7-4-8-21-11-17)15-6-3-5-14(18)16(15)13(2)20/h3,5-6,12H,4,7-11H2,1-2H3. The third kappa shape index (κ3) is 2.88. The monoisotopic (exact) mass is 307 g/mol. The molecule has 0 radical (unpaired) electrons. The van der Waals surface area contributed by atoms with Gasteiger partial charge in [0.2, 0.25) is 0 Å². The van der Waals surface area contributed by atoms with E-state index in [1.807, 2.05) is 13.0 Å². The smallest absolute Gasteiger partial charge is 0.164 e. The molecule has 5 heteroatoms. The van der Waals surface area contributed by atoms with Crippen molar-refractivity contribution < 1.29 is 18.7 Å². The van der Waals surface area contributed by atoms with Gasteiger partial charge in [0.1, 0.15) is 11.4 Å². The van der Waals surface area contributed by atoms with Gasteiger partial charge in [-0.25, -0.2) is 4.39 Å². The van der Waals surface area contributed by atoms with Crippen LogP contribution in [0.2, 0.25) is 0 Å². The zero-order valence-corrected chi connectivity index (χ0v) is 13.1. The van der Waals surface area contributed by atoms with E-state index in [1.54, 1.807) is 6.07 Å². The van der Waals surface area contributed by atoms with E-state index in [1.165, 1.54) is 13.0 Å². The van der Waals surface area contributed by atoms with Crippen molar-refractivity contribution >= 4 is 11.5 Å². The molecule has 4 nitrogen and oxygen atoms in total. The molecule has 0 amide bonds. The van der Waals surface area contributed by atoms with Crippen molar-refractivity contribution in [2.45, 2.75) is 38.4 Å². The largest absolute Gasteiger partial charge is 0.378 e. The Labute approximate surface area is 130 Å². The fourth-order valence-corrected chi connectivity index (χ4v) is 3.58. The van der Waals surface area contributed by atoms with Gasteiger partial charge < -0.3 is 14.4 Å². The average molecular weight is 307 g/mol. The number of carbonyl (C=O) groups excluding carboxylic acids is 1. The first-order valence-electron chi connectivity index (χ1n) is 7.81. The third-order valence-corrected chi connectivity index (χ3v) is 4.38. The minimum absolute atomic E-state index is 0.0125. The molecular weight excluding hydrogens is 285 g/mol. The van der Waals surface area contributed by atoms with Crippen LogP contribution in [0.15, 0.2) is 18.2 Å². The average Bonchev–Trinajstić information content (AvgIpc) is 2.46. The summed E-state index contributed by atoms with van der Waals surface area (Å²) in [5.74, 6) is -0.709. The maximum atomic E-state index is 14.1. The first-order chi connectivity index (χ1) is 10.5. The highest BCUT2D eigenvalue weighted by Crippen LogP contribution is 2.34. The SMILES string of the molecule is CC(=O)c1c(F)cccc1N1CC(C)OC2(CCCOC2)C1. The van der Waals surface area contributed by atoms with Crippen LogP contribution in [0.1, 0.15) is 37.0 Å². The number of carbonyl (C=O) groups is 1. The zero-order chi connectivity index (χ0) is 15.7. The molecule has 2 atom stereocenters. The van der Waals surface area contributed by atoms with Crippen molar-refractivity contribution in [1.29, 1.82) is 0 Å². The lowest BCUT2D eigenvalue weighted by atomic mass is 9.92. The van der Waals surface area contributed by atoms with Gasteiger partial charge in [-0.05, 0) is 38.8 Å². The number of hydrogen-bond donors (Lipinski definition) is 0. The van der Waals surface area contributed by atoms with Crippen molar-refractivity contribution in [2.75, 3.05) is 31.2 Å². The Bertz CT molecular complexity index is 569. The molecule has 2 fully saturated rings. The van der Waals surface area contributed by atoms with E-state index < -0.39 is 5.82 Å². The van der Waals surface area contributed by atoms with Gasteiger partial charge in [0.25, 0.3) is 0 Å². The normalized spacial score (nSPS) is 28.9. The topological polar surface area (TPSA) is 38.8 Å². The summed E-state index contributed by atoms with van der Waals surface area (Å²) < 4.78 is 25.8. The van der Waals surface area contributed by atoms with E-state index in [2.05, 4.69) is 4.90 Å². The molecule has 0 bridgehead atoms. The quantitative estimate of drug-likeness (QED) is 0.788. The Morgan fingerprint density at radius 2 is 2.27 bits per heavy atom. The predicted molar refractivity (Wildman–Crippen MR) is 81.9 cm³/mol. The van der Waals surface area contributed by atoms with Crippen molar-refractivity contribution in [3.8, 4) is 0 Å². The number of hydrogen-bond acceptors (Lipinski definition) is 4. The number of Topliss-reactive ketones (excluding diaryl/α,β-unsaturated/α-hetero) is 1. The summed E-state index contributed by atoms with van der Waals surface area (Å²) in [7, 11) is 0. The van der Waals surface area contributed by atoms with E-state index in [9.17, 15) is 9.18 Å². The molecule has 1 spiro atoms. The number of anilines is 1. The Kier molecular flexibility index (Phi) is 4.19. The summed E-state index contributed by atoms with van der Waals surface area (Å²) >= 11 is 0. The number of halogens is 1. The van der Waals surface area contributed by atoms with Crippen LogP contribution in [0.4, 0.5) is 10.1 Å². The molecule has 1 aromatic carbocycles. The summed E-state index contributed by atoms with van der Waals surface area (Å²) in [5.41, 5.74) is 0.479. The molecule has 2 unspecified atom stereocenters. The van der Waals surface area contributed by atoms with Gasteiger partial charge in [-0.3, -0.25) is 4.79 Å². The van der Waals surface area contributed by atoms with Crippen molar-refractivity contribution in [2.24, 2.45) is 0 Å². The lowest BCUT2D eigenvalue weighted by Gasteiger charge is -2.48. The Balaban J connectivity index is 1.94. The van der Waals surface area contributed by atoms with Crippen LogP contribution in [0.25, 0.3) is 0 Å². The summed E-state index contributed by atoms with van der Waals surface area (Å²) in [6, 6.07) is 4.81.